The van der Waals surface area contributed by atoms with E-state index in [4.69, 9.17) is 9.84 Å². The molecule has 0 spiro atoms. The van der Waals surface area contributed by atoms with Crippen LogP contribution < -0.4 is 0 Å². The van der Waals surface area contributed by atoms with Gasteiger partial charge in [0, 0.05) is 17.3 Å². The summed E-state index contributed by atoms with van der Waals surface area (Å²) in [7, 11) is 0. The number of para-hydroxylation sites is 1. The molecule has 1 aromatic heterocycles. The van der Waals surface area contributed by atoms with Crippen LogP contribution in [0.15, 0.2) is 24.3 Å². The maximum atomic E-state index is 12.0. The molecule has 0 fully saturated rings. The Hall–Kier alpha value is -2.30. The number of aryl methyl sites for hydroxylation is 1. The van der Waals surface area contributed by atoms with Gasteiger partial charge in [-0.2, -0.15) is 0 Å². The molecule has 0 aliphatic carbocycles. The van der Waals surface area contributed by atoms with Gasteiger partial charge in [-0.1, -0.05) is 18.2 Å². The molecule has 20 heavy (non-hydrogen) atoms. The van der Waals surface area contributed by atoms with Crippen molar-refractivity contribution in [1.82, 2.24) is 4.98 Å². The predicted octanol–water partition coefficient (Wildman–Crippen LogP) is 2.75. The fourth-order valence-electron chi connectivity index (χ4n) is 2.25. The third kappa shape index (κ3) is 2.99. The van der Waals surface area contributed by atoms with Gasteiger partial charge in [0.2, 0.25) is 0 Å². The van der Waals surface area contributed by atoms with Gasteiger partial charge in [-0.05, 0) is 31.4 Å². The number of H-pyrrole nitrogens is 1. The van der Waals surface area contributed by atoms with Gasteiger partial charge >= 0.3 is 11.9 Å². The van der Waals surface area contributed by atoms with Crippen molar-refractivity contribution in [2.45, 2.75) is 26.2 Å². The monoisotopic (exact) mass is 275 g/mol. The molecule has 0 bridgehead atoms. The Morgan fingerprint density at radius 2 is 2.05 bits per heavy atom. The van der Waals surface area contributed by atoms with Crippen LogP contribution in [-0.2, 0) is 16.0 Å². The van der Waals surface area contributed by atoms with Crippen LogP contribution >= 0.6 is 0 Å². The summed E-state index contributed by atoms with van der Waals surface area (Å²) in [4.78, 5) is 25.6. The molecule has 5 heteroatoms. The molecule has 2 rings (SSSR count). The van der Waals surface area contributed by atoms with E-state index in [9.17, 15) is 9.59 Å². The van der Waals surface area contributed by atoms with Crippen molar-refractivity contribution in [2.75, 3.05) is 6.61 Å². The molecule has 0 aliphatic rings. The first kappa shape index (κ1) is 14.1. The number of aliphatic carboxylic acids is 1. The Morgan fingerprint density at radius 1 is 1.30 bits per heavy atom. The van der Waals surface area contributed by atoms with Crippen LogP contribution in [0.2, 0.25) is 0 Å². The lowest BCUT2D eigenvalue weighted by molar-refractivity contribution is -0.137. The number of carbonyl (C=O) groups is 2. The zero-order valence-corrected chi connectivity index (χ0v) is 11.3. The van der Waals surface area contributed by atoms with Gasteiger partial charge in [-0.15, -0.1) is 0 Å². The molecular formula is C15H17NO4. The minimum Gasteiger partial charge on any atom is -0.481 e. The van der Waals surface area contributed by atoms with Crippen LogP contribution in [0, 0.1) is 0 Å². The minimum absolute atomic E-state index is 0.0851. The fourth-order valence-corrected chi connectivity index (χ4v) is 2.25. The zero-order chi connectivity index (χ0) is 14.5. The molecule has 0 unspecified atom stereocenters. The number of nitrogens with one attached hydrogen (secondary N) is 1. The quantitative estimate of drug-likeness (QED) is 0.794. The summed E-state index contributed by atoms with van der Waals surface area (Å²) in [5.41, 5.74) is 2.12. The highest BCUT2D eigenvalue weighted by Crippen LogP contribution is 2.24. The van der Waals surface area contributed by atoms with Crippen molar-refractivity contribution in [3.8, 4) is 0 Å². The van der Waals surface area contributed by atoms with E-state index in [0.717, 1.165) is 16.5 Å². The number of hydrogen-bond acceptors (Lipinski definition) is 3. The number of carboxylic acid groups (broad SMARTS) is 1. The van der Waals surface area contributed by atoms with Crippen molar-refractivity contribution in [3.05, 3.63) is 35.5 Å². The summed E-state index contributed by atoms with van der Waals surface area (Å²) in [6.07, 6.45) is 1.11. The van der Waals surface area contributed by atoms with Gasteiger partial charge < -0.3 is 14.8 Å². The molecule has 1 heterocycles. The van der Waals surface area contributed by atoms with Gasteiger partial charge in [0.1, 0.15) is 5.69 Å². The van der Waals surface area contributed by atoms with E-state index in [1.54, 1.807) is 6.92 Å². The third-order valence-corrected chi connectivity index (χ3v) is 3.11. The first-order valence-electron chi connectivity index (χ1n) is 6.62. The number of benzene rings is 1. The number of fused-ring (bicyclic) bond motifs is 1. The topological polar surface area (TPSA) is 79.4 Å². The van der Waals surface area contributed by atoms with E-state index in [0.29, 0.717) is 25.1 Å². The van der Waals surface area contributed by atoms with Crippen LogP contribution in [0.4, 0.5) is 0 Å². The summed E-state index contributed by atoms with van der Waals surface area (Å²) in [5, 5.41) is 9.66. The van der Waals surface area contributed by atoms with Gasteiger partial charge in [0.15, 0.2) is 0 Å². The highest BCUT2D eigenvalue weighted by molar-refractivity contribution is 5.98. The number of aromatic nitrogens is 1. The standard InChI is InChI=1S/C15H17NO4/c1-2-20-15(19)14-11(7-5-9-13(17)18)10-6-3-4-8-12(10)16-14/h3-4,6,8,16H,2,5,7,9H2,1H3,(H,17,18). The van der Waals surface area contributed by atoms with Crippen LogP contribution in [0.5, 0.6) is 0 Å². The van der Waals surface area contributed by atoms with Crippen molar-refractivity contribution in [1.29, 1.82) is 0 Å². The first-order chi connectivity index (χ1) is 9.63. The molecule has 0 amide bonds. The molecule has 2 aromatic rings. The Morgan fingerprint density at radius 3 is 2.75 bits per heavy atom. The highest BCUT2D eigenvalue weighted by atomic mass is 16.5. The van der Waals surface area contributed by atoms with Crippen LogP contribution in [0.1, 0.15) is 35.8 Å². The lowest BCUT2D eigenvalue weighted by Crippen LogP contribution is -2.08. The van der Waals surface area contributed by atoms with Crippen LogP contribution in [0.3, 0.4) is 0 Å². The number of carboxylic acids is 1. The molecule has 1 aromatic carbocycles. The average molecular weight is 275 g/mol. The van der Waals surface area contributed by atoms with E-state index in [1.165, 1.54) is 0 Å². The summed E-state index contributed by atoms with van der Waals surface area (Å²) >= 11 is 0. The van der Waals surface area contributed by atoms with Crippen LogP contribution in [0.25, 0.3) is 10.9 Å². The number of ether oxygens (including phenoxy) is 1. The van der Waals surface area contributed by atoms with Gasteiger partial charge in [-0.3, -0.25) is 4.79 Å². The Labute approximate surface area is 116 Å². The number of esters is 1. The van der Waals surface area contributed by atoms with Gasteiger partial charge in [-0.25, -0.2) is 4.79 Å². The largest absolute Gasteiger partial charge is 0.481 e. The lowest BCUT2D eigenvalue weighted by Gasteiger charge is -2.04. The normalized spacial score (nSPS) is 10.7. The van der Waals surface area contributed by atoms with E-state index in [2.05, 4.69) is 4.98 Å². The minimum atomic E-state index is -0.831. The molecule has 0 radical (unpaired) electrons. The smallest absolute Gasteiger partial charge is 0.355 e. The van der Waals surface area contributed by atoms with E-state index in [-0.39, 0.29) is 6.42 Å². The molecule has 2 N–H and O–H groups in total. The molecule has 0 saturated carbocycles. The Bertz CT molecular complexity index is 630. The molecular weight excluding hydrogens is 258 g/mol. The zero-order valence-electron chi connectivity index (χ0n) is 11.3. The molecule has 5 nitrogen and oxygen atoms in total. The Balaban J connectivity index is 2.34. The van der Waals surface area contributed by atoms with Crippen molar-refractivity contribution in [2.24, 2.45) is 0 Å². The number of hydrogen-bond donors (Lipinski definition) is 2. The second-order valence-corrected chi connectivity index (χ2v) is 4.49. The molecule has 0 aliphatic heterocycles. The number of aromatic amines is 1. The lowest BCUT2D eigenvalue weighted by atomic mass is 10.0. The molecule has 0 saturated heterocycles. The number of carbonyl (C=O) groups excluding carboxylic acids is 1. The van der Waals surface area contributed by atoms with Crippen molar-refractivity contribution in [3.63, 3.8) is 0 Å². The van der Waals surface area contributed by atoms with Gasteiger partial charge in [0.05, 0.1) is 6.61 Å². The third-order valence-electron chi connectivity index (χ3n) is 3.11. The maximum Gasteiger partial charge on any atom is 0.355 e. The maximum absolute atomic E-state index is 12.0. The molecule has 106 valence electrons. The molecule has 0 atom stereocenters. The van der Waals surface area contributed by atoms with Gasteiger partial charge in [0.25, 0.3) is 0 Å². The number of rotatable bonds is 6. The summed E-state index contributed by atoms with van der Waals surface area (Å²) in [6, 6.07) is 7.59. The van der Waals surface area contributed by atoms with E-state index in [1.807, 2.05) is 24.3 Å². The van der Waals surface area contributed by atoms with Crippen molar-refractivity contribution < 1.29 is 19.4 Å². The average Bonchev–Trinajstić information content (AvgIpc) is 2.78. The summed E-state index contributed by atoms with van der Waals surface area (Å²) < 4.78 is 5.04. The fraction of sp³-hybridized carbons (Fsp3) is 0.333. The van der Waals surface area contributed by atoms with Crippen molar-refractivity contribution >= 4 is 22.8 Å². The summed E-state index contributed by atoms with van der Waals surface area (Å²) in [5.74, 6) is -1.23. The van der Waals surface area contributed by atoms with Crippen LogP contribution in [-0.4, -0.2) is 28.6 Å². The SMILES string of the molecule is CCOC(=O)c1[nH]c2ccccc2c1CCCC(=O)O. The summed E-state index contributed by atoms with van der Waals surface area (Å²) in [6.45, 7) is 2.06. The van der Waals surface area contributed by atoms with E-state index < -0.39 is 11.9 Å². The Kier molecular flexibility index (Phi) is 4.40. The second kappa shape index (κ2) is 6.23. The predicted molar refractivity (Wildman–Crippen MR) is 74.8 cm³/mol. The first-order valence-corrected chi connectivity index (χ1v) is 6.62. The second-order valence-electron chi connectivity index (χ2n) is 4.49. The highest BCUT2D eigenvalue weighted by Gasteiger charge is 2.18. The van der Waals surface area contributed by atoms with E-state index >= 15 is 0 Å².